The van der Waals surface area contributed by atoms with Gasteiger partial charge in [0.15, 0.2) is 0 Å². The summed E-state index contributed by atoms with van der Waals surface area (Å²) < 4.78 is 35.5. The Hall–Kier alpha value is -1.11. The van der Waals surface area contributed by atoms with Crippen molar-refractivity contribution < 1.29 is 22.8 Å². The highest BCUT2D eigenvalue weighted by Gasteiger charge is 2.16. The summed E-state index contributed by atoms with van der Waals surface area (Å²) >= 11 is 0. The summed E-state index contributed by atoms with van der Waals surface area (Å²) in [6.45, 7) is -0.283. The molecule has 1 N–H and O–H groups in total. The zero-order valence-corrected chi connectivity index (χ0v) is 8.95. The molecule has 0 saturated carbocycles. The SMILES string of the molecule is COc1cc(CC[O])ccc1S(=O)(=O)O. The molecule has 0 bridgehead atoms. The summed E-state index contributed by atoms with van der Waals surface area (Å²) in [7, 11) is -2.98. The molecule has 6 heteroatoms. The molecule has 0 fully saturated rings. The van der Waals surface area contributed by atoms with Gasteiger partial charge < -0.3 is 4.74 Å². The molecule has 5 nitrogen and oxygen atoms in total. The lowest BCUT2D eigenvalue weighted by Gasteiger charge is -2.07. The van der Waals surface area contributed by atoms with Crippen molar-refractivity contribution in [2.24, 2.45) is 0 Å². The summed E-state index contributed by atoms with van der Waals surface area (Å²) in [4.78, 5) is -0.292. The van der Waals surface area contributed by atoms with Crippen LogP contribution in [-0.4, -0.2) is 26.7 Å². The van der Waals surface area contributed by atoms with Gasteiger partial charge in [0.1, 0.15) is 10.6 Å². The second-order valence-electron chi connectivity index (χ2n) is 2.91. The van der Waals surface area contributed by atoms with Crippen LogP contribution in [-0.2, 0) is 21.6 Å². The van der Waals surface area contributed by atoms with Crippen molar-refractivity contribution in [2.75, 3.05) is 13.7 Å². The van der Waals surface area contributed by atoms with Crippen LogP contribution in [0.1, 0.15) is 5.56 Å². The van der Waals surface area contributed by atoms with Crippen molar-refractivity contribution in [1.82, 2.24) is 0 Å². The largest absolute Gasteiger partial charge is 0.495 e. The Labute approximate surface area is 88.1 Å². The van der Waals surface area contributed by atoms with Crippen molar-refractivity contribution in [3.63, 3.8) is 0 Å². The van der Waals surface area contributed by atoms with Crippen molar-refractivity contribution in [3.8, 4) is 5.75 Å². The third-order valence-corrected chi connectivity index (χ3v) is 2.79. The van der Waals surface area contributed by atoms with Crippen molar-refractivity contribution in [3.05, 3.63) is 23.8 Å². The van der Waals surface area contributed by atoms with Crippen molar-refractivity contribution >= 4 is 10.1 Å². The lowest BCUT2D eigenvalue weighted by Crippen LogP contribution is -2.02. The summed E-state index contributed by atoms with van der Waals surface area (Å²) in [5.41, 5.74) is 0.675. The summed E-state index contributed by atoms with van der Waals surface area (Å²) in [5.74, 6) is 0.0449. The fourth-order valence-electron chi connectivity index (χ4n) is 1.20. The van der Waals surface area contributed by atoms with Gasteiger partial charge in [-0.05, 0) is 24.1 Å². The standard InChI is InChI=1S/C9H11O5S/c1-14-8-6-7(4-5-10)2-3-9(8)15(11,12)13/h2-3,6H,4-5H2,1H3,(H,11,12,13). The van der Waals surface area contributed by atoms with E-state index in [0.717, 1.165) is 0 Å². The molecule has 0 unspecified atom stereocenters. The first-order valence-corrected chi connectivity index (χ1v) is 5.65. The topological polar surface area (TPSA) is 83.5 Å². The highest BCUT2D eigenvalue weighted by atomic mass is 32.2. The number of hydrogen-bond acceptors (Lipinski definition) is 3. The van der Waals surface area contributed by atoms with E-state index in [1.54, 1.807) is 0 Å². The summed E-state index contributed by atoms with van der Waals surface area (Å²) in [5, 5.41) is 10.4. The first kappa shape index (κ1) is 12.0. The average molecular weight is 231 g/mol. The molecule has 1 radical (unpaired) electrons. The van der Waals surface area contributed by atoms with Crippen LogP contribution in [0.25, 0.3) is 0 Å². The number of benzene rings is 1. The van der Waals surface area contributed by atoms with E-state index < -0.39 is 10.1 Å². The number of methoxy groups -OCH3 is 1. The van der Waals surface area contributed by atoms with Gasteiger partial charge in [-0.1, -0.05) is 6.07 Å². The second-order valence-corrected chi connectivity index (χ2v) is 4.30. The van der Waals surface area contributed by atoms with Crippen LogP contribution in [0.4, 0.5) is 0 Å². The maximum Gasteiger partial charge on any atom is 0.298 e. The predicted molar refractivity (Wildman–Crippen MR) is 52.1 cm³/mol. The second kappa shape index (κ2) is 4.61. The fraction of sp³-hybridized carbons (Fsp3) is 0.333. The van der Waals surface area contributed by atoms with Gasteiger partial charge in [-0.2, -0.15) is 8.42 Å². The first-order chi connectivity index (χ1) is 6.99. The van der Waals surface area contributed by atoms with E-state index in [-0.39, 0.29) is 17.3 Å². The van der Waals surface area contributed by atoms with Gasteiger partial charge in [0.2, 0.25) is 0 Å². The van der Waals surface area contributed by atoms with E-state index in [9.17, 15) is 13.5 Å². The fourth-order valence-corrected chi connectivity index (χ4v) is 1.83. The van der Waals surface area contributed by atoms with Crippen LogP contribution in [0, 0.1) is 0 Å². The monoisotopic (exact) mass is 231 g/mol. The molecular weight excluding hydrogens is 220 g/mol. The third-order valence-electron chi connectivity index (χ3n) is 1.90. The van der Waals surface area contributed by atoms with Crippen LogP contribution < -0.4 is 4.74 Å². The Morgan fingerprint density at radius 3 is 2.53 bits per heavy atom. The predicted octanol–water partition coefficient (Wildman–Crippen LogP) is 0.915. The summed E-state index contributed by atoms with van der Waals surface area (Å²) in [6, 6.07) is 4.13. The van der Waals surface area contributed by atoms with Crippen LogP contribution in [0.3, 0.4) is 0 Å². The summed E-state index contributed by atoms with van der Waals surface area (Å²) in [6.07, 6.45) is 0.294. The van der Waals surface area contributed by atoms with Gasteiger partial charge in [-0.15, -0.1) is 0 Å². The minimum absolute atomic E-state index is 0.0449. The van der Waals surface area contributed by atoms with E-state index in [2.05, 4.69) is 0 Å². The zero-order valence-electron chi connectivity index (χ0n) is 8.13. The first-order valence-electron chi connectivity index (χ1n) is 4.21. The van der Waals surface area contributed by atoms with Crippen LogP contribution >= 0.6 is 0 Å². The molecular formula is C9H11O5S. The van der Waals surface area contributed by atoms with E-state index in [4.69, 9.17) is 9.29 Å². The Balaban J connectivity index is 3.21. The lowest BCUT2D eigenvalue weighted by atomic mass is 10.1. The number of ether oxygens (including phenoxy) is 1. The Kier molecular flexibility index (Phi) is 3.67. The molecule has 1 aromatic rings. The van der Waals surface area contributed by atoms with Crippen molar-refractivity contribution in [1.29, 1.82) is 0 Å². The van der Waals surface area contributed by atoms with Gasteiger partial charge in [0.05, 0.1) is 13.7 Å². The highest BCUT2D eigenvalue weighted by Crippen LogP contribution is 2.24. The smallest absolute Gasteiger partial charge is 0.298 e. The maximum atomic E-state index is 10.9. The van der Waals surface area contributed by atoms with Crippen LogP contribution in [0.2, 0.25) is 0 Å². The number of rotatable bonds is 4. The molecule has 0 heterocycles. The number of hydrogen-bond donors (Lipinski definition) is 1. The molecule has 0 saturated heterocycles. The molecule has 15 heavy (non-hydrogen) atoms. The molecule has 1 aromatic carbocycles. The van der Waals surface area contributed by atoms with Crippen LogP contribution in [0.15, 0.2) is 23.1 Å². The van der Waals surface area contributed by atoms with Gasteiger partial charge in [-0.3, -0.25) is 4.55 Å². The normalized spacial score (nSPS) is 11.4. The molecule has 0 spiro atoms. The van der Waals surface area contributed by atoms with E-state index >= 15 is 0 Å². The Morgan fingerprint density at radius 1 is 1.40 bits per heavy atom. The van der Waals surface area contributed by atoms with Gasteiger partial charge in [-0.25, -0.2) is 5.11 Å². The average Bonchev–Trinajstić information content (AvgIpc) is 2.16. The molecule has 0 aromatic heterocycles. The molecule has 0 aliphatic heterocycles. The third kappa shape index (κ3) is 2.92. The van der Waals surface area contributed by atoms with E-state index in [0.29, 0.717) is 12.0 Å². The van der Waals surface area contributed by atoms with E-state index in [1.165, 1.54) is 25.3 Å². The van der Waals surface area contributed by atoms with Gasteiger partial charge in [0, 0.05) is 0 Å². The Morgan fingerprint density at radius 2 is 2.07 bits per heavy atom. The molecule has 0 aliphatic rings. The zero-order chi connectivity index (χ0) is 11.5. The van der Waals surface area contributed by atoms with E-state index in [1.807, 2.05) is 0 Å². The molecule has 0 aliphatic carbocycles. The van der Waals surface area contributed by atoms with Gasteiger partial charge >= 0.3 is 0 Å². The highest BCUT2D eigenvalue weighted by molar-refractivity contribution is 7.86. The maximum absolute atomic E-state index is 10.9. The molecule has 83 valence electrons. The van der Waals surface area contributed by atoms with Crippen LogP contribution in [0.5, 0.6) is 5.75 Å². The Bertz CT molecular complexity index is 438. The minimum Gasteiger partial charge on any atom is -0.495 e. The molecule has 0 amide bonds. The molecule has 0 atom stereocenters. The van der Waals surface area contributed by atoms with Crippen molar-refractivity contribution in [2.45, 2.75) is 11.3 Å². The lowest BCUT2D eigenvalue weighted by molar-refractivity contribution is 0.197. The quantitative estimate of drug-likeness (QED) is 0.781. The molecule has 1 rings (SSSR count). The van der Waals surface area contributed by atoms with Gasteiger partial charge in [0.25, 0.3) is 10.1 Å². The minimum atomic E-state index is -4.28.